The highest BCUT2D eigenvalue weighted by Gasteiger charge is 2.10. The van der Waals surface area contributed by atoms with Crippen LogP contribution in [0.4, 0.5) is 0 Å². The lowest BCUT2D eigenvalue weighted by molar-refractivity contribution is 1.52. The van der Waals surface area contributed by atoms with E-state index in [0.717, 1.165) is 20.3 Å². The molecule has 0 aromatic heterocycles. The Morgan fingerprint density at radius 1 is 0.941 bits per heavy atom. The fourth-order valence-electron chi connectivity index (χ4n) is 1.62. The van der Waals surface area contributed by atoms with Gasteiger partial charge in [-0.3, -0.25) is 0 Å². The highest BCUT2D eigenvalue weighted by molar-refractivity contribution is 14.1. The van der Waals surface area contributed by atoms with E-state index in [4.69, 9.17) is 23.2 Å². The largest absolute Gasteiger partial charge is 0.0923 e. The van der Waals surface area contributed by atoms with Crippen LogP contribution in [0.25, 0.3) is 5.57 Å². The molecule has 0 spiro atoms. The van der Waals surface area contributed by atoms with Gasteiger partial charge in [0.05, 0.1) is 0 Å². The van der Waals surface area contributed by atoms with Crippen molar-refractivity contribution in [1.29, 1.82) is 0 Å². The van der Waals surface area contributed by atoms with Gasteiger partial charge in [0, 0.05) is 25.3 Å². The predicted molar refractivity (Wildman–Crippen MR) is 83.5 cm³/mol. The van der Waals surface area contributed by atoms with Crippen LogP contribution >= 0.6 is 45.8 Å². The molecule has 0 fully saturated rings. The number of benzene rings is 2. The minimum Gasteiger partial charge on any atom is -0.0923 e. The van der Waals surface area contributed by atoms with Crippen molar-refractivity contribution in [2.24, 2.45) is 0 Å². The molecule has 0 heterocycles. The Morgan fingerprint density at radius 2 is 1.53 bits per heavy atom. The smallest absolute Gasteiger partial charge is 0.0484 e. The molecule has 3 heteroatoms. The summed E-state index contributed by atoms with van der Waals surface area (Å²) in [4.78, 5) is 0. The Hall–Kier alpha value is -0.510. The van der Waals surface area contributed by atoms with Crippen LogP contribution in [-0.2, 0) is 0 Å². The first-order chi connectivity index (χ1) is 8.24. The third-order valence-corrected chi connectivity index (χ3v) is 3.93. The van der Waals surface area contributed by atoms with E-state index in [0.29, 0.717) is 5.02 Å². The second-order valence-corrected chi connectivity index (χ2v) is 5.27. The third-order valence-electron chi connectivity index (χ3n) is 2.44. The van der Waals surface area contributed by atoms with Gasteiger partial charge in [-0.05, 0) is 40.3 Å². The molecule has 17 heavy (non-hydrogen) atoms. The minimum atomic E-state index is 0.707. The lowest BCUT2D eigenvalue weighted by Gasteiger charge is -2.10. The van der Waals surface area contributed by atoms with Crippen molar-refractivity contribution in [3.05, 3.63) is 73.8 Å². The summed E-state index contributed by atoms with van der Waals surface area (Å²) in [6.07, 6.45) is 0. The highest BCUT2D eigenvalue weighted by Crippen LogP contribution is 2.32. The van der Waals surface area contributed by atoms with Crippen molar-refractivity contribution >= 4 is 51.4 Å². The maximum atomic E-state index is 6.20. The van der Waals surface area contributed by atoms with Gasteiger partial charge in [0.15, 0.2) is 0 Å². The van der Waals surface area contributed by atoms with E-state index in [9.17, 15) is 0 Å². The van der Waals surface area contributed by atoms with Crippen molar-refractivity contribution in [3.63, 3.8) is 0 Å². The van der Waals surface area contributed by atoms with E-state index >= 15 is 0 Å². The maximum absolute atomic E-state index is 6.20. The van der Waals surface area contributed by atoms with Crippen LogP contribution in [0.5, 0.6) is 0 Å². The molecule has 0 aliphatic carbocycles. The molecule has 2 aromatic rings. The molecule has 0 aliphatic heterocycles. The lowest BCUT2D eigenvalue weighted by atomic mass is 10.00. The molecule has 0 amide bonds. The standard InChI is InChI=1S/C14H9Cl2I/c15-9-12(10-5-1-3-7-13(10)16)11-6-2-4-8-14(11)17/h1-9H. The Morgan fingerprint density at radius 3 is 2.12 bits per heavy atom. The number of hydrogen-bond acceptors (Lipinski definition) is 0. The van der Waals surface area contributed by atoms with E-state index in [1.807, 2.05) is 48.5 Å². The summed E-state index contributed by atoms with van der Waals surface area (Å²) in [5.74, 6) is 0. The Labute approximate surface area is 124 Å². The van der Waals surface area contributed by atoms with Crippen molar-refractivity contribution in [3.8, 4) is 0 Å². The monoisotopic (exact) mass is 374 g/mol. The fourth-order valence-corrected chi connectivity index (χ4v) is 2.77. The third kappa shape index (κ3) is 2.84. The molecular weight excluding hydrogens is 366 g/mol. The molecule has 0 bridgehead atoms. The number of hydrogen-bond donors (Lipinski definition) is 0. The van der Waals surface area contributed by atoms with Gasteiger partial charge >= 0.3 is 0 Å². The molecule has 0 nitrogen and oxygen atoms in total. The summed E-state index contributed by atoms with van der Waals surface area (Å²) in [6, 6.07) is 15.8. The highest BCUT2D eigenvalue weighted by atomic mass is 127. The molecule has 2 rings (SSSR count). The van der Waals surface area contributed by atoms with Crippen LogP contribution in [0, 0.1) is 3.57 Å². The topological polar surface area (TPSA) is 0 Å². The molecule has 0 N–H and O–H groups in total. The molecule has 0 aliphatic rings. The van der Waals surface area contributed by atoms with Gasteiger partial charge in [-0.2, -0.15) is 0 Å². The number of rotatable bonds is 2. The molecule has 0 saturated carbocycles. The summed E-state index contributed by atoms with van der Waals surface area (Å²) in [5.41, 5.74) is 4.57. The lowest BCUT2D eigenvalue weighted by Crippen LogP contribution is -1.91. The van der Waals surface area contributed by atoms with Crippen LogP contribution in [-0.4, -0.2) is 0 Å². The van der Waals surface area contributed by atoms with E-state index in [-0.39, 0.29) is 0 Å². The maximum Gasteiger partial charge on any atom is 0.0484 e. The zero-order chi connectivity index (χ0) is 12.3. The van der Waals surface area contributed by atoms with Gasteiger partial charge in [-0.1, -0.05) is 59.6 Å². The zero-order valence-electron chi connectivity index (χ0n) is 8.83. The van der Waals surface area contributed by atoms with Crippen LogP contribution in [0.1, 0.15) is 11.1 Å². The number of halogens is 3. The van der Waals surface area contributed by atoms with E-state index in [1.54, 1.807) is 5.54 Å². The Balaban J connectivity index is 2.57. The van der Waals surface area contributed by atoms with Gasteiger partial charge in [-0.25, -0.2) is 0 Å². The summed E-state index contributed by atoms with van der Waals surface area (Å²) in [6.45, 7) is 0. The molecule has 2 aromatic carbocycles. The first kappa shape index (κ1) is 12.9. The van der Waals surface area contributed by atoms with Crippen molar-refractivity contribution in [2.75, 3.05) is 0 Å². The van der Waals surface area contributed by atoms with Crippen LogP contribution in [0.2, 0.25) is 5.02 Å². The molecule has 0 saturated heterocycles. The second-order valence-electron chi connectivity index (χ2n) is 3.48. The first-order valence-corrected chi connectivity index (χ1v) is 6.93. The van der Waals surface area contributed by atoms with Crippen LogP contribution in [0.15, 0.2) is 54.1 Å². The summed E-state index contributed by atoms with van der Waals surface area (Å²) in [7, 11) is 0. The Kier molecular flexibility index (Phi) is 4.48. The summed E-state index contributed by atoms with van der Waals surface area (Å²) in [5, 5.41) is 0.707. The van der Waals surface area contributed by atoms with Crippen molar-refractivity contribution < 1.29 is 0 Å². The Bertz CT molecular complexity index is 514. The quantitative estimate of drug-likeness (QED) is 0.602. The normalized spacial score (nSPS) is 11.6. The summed E-state index contributed by atoms with van der Waals surface area (Å²) < 4.78 is 1.15. The minimum absolute atomic E-state index is 0.707. The fraction of sp³-hybridized carbons (Fsp3) is 0. The first-order valence-electron chi connectivity index (χ1n) is 5.04. The molecule has 0 radical (unpaired) electrons. The average molecular weight is 375 g/mol. The second kappa shape index (κ2) is 5.89. The molecular formula is C14H9Cl2I. The van der Waals surface area contributed by atoms with E-state index < -0.39 is 0 Å². The molecule has 86 valence electrons. The van der Waals surface area contributed by atoms with Crippen LogP contribution in [0.3, 0.4) is 0 Å². The van der Waals surface area contributed by atoms with E-state index in [2.05, 4.69) is 22.6 Å². The molecule has 0 atom stereocenters. The zero-order valence-corrected chi connectivity index (χ0v) is 12.5. The van der Waals surface area contributed by atoms with Crippen LogP contribution < -0.4 is 0 Å². The summed E-state index contributed by atoms with van der Waals surface area (Å²) >= 11 is 14.4. The van der Waals surface area contributed by atoms with Gasteiger partial charge in [0.25, 0.3) is 0 Å². The SMILES string of the molecule is ClC=C(c1ccccc1Cl)c1ccccc1I. The van der Waals surface area contributed by atoms with Gasteiger partial charge in [-0.15, -0.1) is 0 Å². The van der Waals surface area contributed by atoms with Gasteiger partial charge in [0.1, 0.15) is 0 Å². The van der Waals surface area contributed by atoms with Gasteiger partial charge < -0.3 is 0 Å². The van der Waals surface area contributed by atoms with Crippen molar-refractivity contribution in [1.82, 2.24) is 0 Å². The van der Waals surface area contributed by atoms with Gasteiger partial charge in [0.2, 0.25) is 0 Å². The average Bonchev–Trinajstić information content (AvgIpc) is 2.34. The van der Waals surface area contributed by atoms with E-state index in [1.165, 1.54) is 0 Å². The van der Waals surface area contributed by atoms with Crippen molar-refractivity contribution in [2.45, 2.75) is 0 Å². The predicted octanol–water partition coefficient (Wildman–Crippen LogP) is 5.57. The molecule has 0 unspecified atom stereocenters.